The number of carbonyl (C=O) groups is 2. The Bertz CT molecular complexity index is 958. The summed E-state index contributed by atoms with van der Waals surface area (Å²) in [7, 11) is 0. The average molecular weight is 481 g/mol. The summed E-state index contributed by atoms with van der Waals surface area (Å²) >= 11 is 0. The number of nitrogens with one attached hydrogen (secondary N) is 3. The molecule has 0 spiro atoms. The van der Waals surface area contributed by atoms with Crippen molar-refractivity contribution in [2.45, 2.75) is 70.3 Å². The van der Waals surface area contributed by atoms with Crippen LogP contribution in [-0.2, 0) is 9.59 Å². The largest absolute Gasteiger partial charge is 0.480 e. The number of ether oxygens (including phenoxy) is 1. The van der Waals surface area contributed by atoms with E-state index in [0.29, 0.717) is 5.56 Å². The van der Waals surface area contributed by atoms with E-state index in [1.807, 2.05) is 20.8 Å². The summed E-state index contributed by atoms with van der Waals surface area (Å²) in [5, 5.41) is 14.3. The Balaban J connectivity index is 1.42. The van der Waals surface area contributed by atoms with Gasteiger partial charge in [-0.25, -0.2) is 0 Å². The standard InChI is InChI=1S/C24H31F3N4O3/c1-4-23(5-2)11-19(32)31(22(28)30-23)12-15-13(3)20(15)21(33)29-16-10-18(24(25,26)27)34-17-9-7-6-8-14(16)17/h6-9,13,15-16,18,20H,4-5,10-12H2,1-3H3,(H2,28,30)(H,29,33)/t13?,15?,16-,18?,20?/m0/s1. The van der Waals surface area contributed by atoms with Crippen molar-refractivity contribution < 1.29 is 27.5 Å². The van der Waals surface area contributed by atoms with Crippen molar-refractivity contribution >= 4 is 17.8 Å². The van der Waals surface area contributed by atoms with Gasteiger partial charge in [0.25, 0.3) is 0 Å². The third kappa shape index (κ3) is 4.46. The lowest BCUT2D eigenvalue weighted by Crippen LogP contribution is -2.62. The highest BCUT2D eigenvalue weighted by molar-refractivity contribution is 5.99. The SMILES string of the molecule is CCC1(CC)CC(=O)N(CC2C(C)C2C(=O)N[C@H]2CC(C(F)(F)F)Oc3ccccc32)C(=N)N1. The van der Waals surface area contributed by atoms with Crippen LogP contribution in [0.2, 0.25) is 0 Å². The predicted molar refractivity (Wildman–Crippen MR) is 119 cm³/mol. The lowest BCUT2D eigenvalue weighted by Gasteiger charge is -2.42. The van der Waals surface area contributed by atoms with Gasteiger partial charge >= 0.3 is 6.18 Å². The summed E-state index contributed by atoms with van der Waals surface area (Å²) in [6.07, 6.45) is -5.19. The number of halogens is 3. The van der Waals surface area contributed by atoms with E-state index in [2.05, 4.69) is 10.6 Å². The Morgan fingerprint density at radius 2 is 1.97 bits per heavy atom. The highest BCUT2D eigenvalue weighted by Gasteiger charge is 2.55. The summed E-state index contributed by atoms with van der Waals surface area (Å²) in [4.78, 5) is 27.2. The van der Waals surface area contributed by atoms with E-state index in [9.17, 15) is 22.8 Å². The zero-order valence-corrected chi connectivity index (χ0v) is 19.5. The Kier molecular flexibility index (Phi) is 6.29. The number of carbonyl (C=O) groups excluding carboxylic acids is 2. The monoisotopic (exact) mass is 480 g/mol. The first-order valence-electron chi connectivity index (χ1n) is 11.8. The summed E-state index contributed by atoms with van der Waals surface area (Å²) in [6, 6.07) is 5.62. The van der Waals surface area contributed by atoms with E-state index < -0.39 is 36.2 Å². The van der Waals surface area contributed by atoms with Gasteiger partial charge in [-0.05, 0) is 30.7 Å². The molecular weight excluding hydrogens is 449 g/mol. The smallest absolute Gasteiger partial charge is 0.425 e. The molecule has 0 aromatic heterocycles. The zero-order chi connectivity index (χ0) is 24.8. The van der Waals surface area contributed by atoms with Crippen LogP contribution in [0.25, 0.3) is 0 Å². The van der Waals surface area contributed by atoms with Gasteiger partial charge < -0.3 is 15.4 Å². The first-order valence-corrected chi connectivity index (χ1v) is 11.8. The number of fused-ring (bicyclic) bond motifs is 1. The Morgan fingerprint density at radius 1 is 1.29 bits per heavy atom. The second kappa shape index (κ2) is 8.78. The van der Waals surface area contributed by atoms with E-state index in [0.717, 1.165) is 12.8 Å². The molecule has 2 fully saturated rings. The van der Waals surface area contributed by atoms with E-state index in [4.69, 9.17) is 10.1 Å². The average Bonchev–Trinajstić information content (AvgIpc) is 3.44. The van der Waals surface area contributed by atoms with Crippen LogP contribution in [0, 0.1) is 23.2 Å². The number of hydrogen-bond donors (Lipinski definition) is 3. The van der Waals surface area contributed by atoms with Gasteiger partial charge in [0.2, 0.25) is 11.8 Å². The van der Waals surface area contributed by atoms with Crippen LogP contribution in [-0.4, -0.2) is 47.0 Å². The van der Waals surface area contributed by atoms with Gasteiger partial charge in [0.05, 0.1) is 12.5 Å². The molecule has 2 heterocycles. The molecule has 1 aliphatic carbocycles. The van der Waals surface area contributed by atoms with Crippen molar-refractivity contribution in [1.29, 1.82) is 5.41 Å². The molecule has 1 aromatic rings. The predicted octanol–water partition coefficient (Wildman–Crippen LogP) is 3.75. The van der Waals surface area contributed by atoms with Gasteiger partial charge in [-0.3, -0.25) is 19.9 Å². The third-order valence-electron chi connectivity index (χ3n) is 7.75. The highest BCUT2D eigenvalue weighted by atomic mass is 19.4. The molecule has 34 heavy (non-hydrogen) atoms. The molecule has 5 atom stereocenters. The number of rotatable bonds is 6. The normalized spacial score (nSPS) is 30.2. The van der Waals surface area contributed by atoms with Crippen LogP contribution in [0.15, 0.2) is 24.3 Å². The van der Waals surface area contributed by atoms with Crippen LogP contribution in [0.3, 0.4) is 0 Å². The molecule has 3 aliphatic rings. The van der Waals surface area contributed by atoms with Gasteiger partial charge in [-0.1, -0.05) is 39.0 Å². The van der Waals surface area contributed by atoms with Crippen molar-refractivity contribution in [2.75, 3.05) is 6.54 Å². The van der Waals surface area contributed by atoms with Gasteiger partial charge in [0, 0.05) is 30.0 Å². The fraction of sp³-hybridized carbons (Fsp3) is 0.625. The summed E-state index contributed by atoms with van der Waals surface area (Å²) < 4.78 is 45.3. The quantitative estimate of drug-likeness (QED) is 0.578. The number of para-hydroxylation sites is 1. The Labute approximate surface area is 196 Å². The molecule has 0 radical (unpaired) electrons. The maximum absolute atomic E-state index is 13.4. The number of hydrogen-bond acceptors (Lipinski definition) is 4. The molecule has 1 saturated carbocycles. The molecule has 4 rings (SSSR count). The van der Waals surface area contributed by atoms with Gasteiger partial charge in [0.15, 0.2) is 12.1 Å². The number of amides is 2. The van der Waals surface area contributed by atoms with E-state index in [1.54, 1.807) is 18.2 Å². The van der Waals surface area contributed by atoms with Crippen LogP contribution in [0.5, 0.6) is 5.75 Å². The molecule has 7 nitrogen and oxygen atoms in total. The Morgan fingerprint density at radius 3 is 2.59 bits per heavy atom. The lowest BCUT2D eigenvalue weighted by atomic mass is 9.87. The fourth-order valence-electron chi connectivity index (χ4n) is 5.23. The van der Waals surface area contributed by atoms with Crippen molar-refractivity contribution in [3.63, 3.8) is 0 Å². The van der Waals surface area contributed by atoms with Gasteiger partial charge in [0.1, 0.15) is 5.75 Å². The van der Waals surface area contributed by atoms with Gasteiger partial charge in [-0.2, -0.15) is 13.2 Å². The highest BCUT2D eigenvalue weighted by Crippen LogP contribution is 2.48. The van der Waals surface area contributed by atoms with Crippen molar-refractivity contribution in [1.82, 2.24) is 15.5 Å². The third-order valence-corrected chi connectivity index (χ3v) is 7.75. The van der Waals surface area contributed by atoms with Gasteiger partial charge in [-0.15, -0.1) is 0 Å². The molecule has 3 N–H and O–H groups in total. The minimum absolute atomic E-state index is 0.0434. The topological polar surface area (TPSA) is 94.5 Å². The van der Waals surface area contributed by atoms with Crippen LogP contribution >= 0.6 is 0 Å². The maximum Gasteiger partial charge on any atom is 0.425 e. The zero-order valence-electron chi connectivity index (χ0n) is 19.5. The second-order valence-electron chi connectivity index (χ2n) is 9.67. The van der Waals surface area contributed by atoms with Crippen molar-refractivity contribution in [3.05, 3.63) is 29.8 Å². The lowest BCUT2D eigenvalue weighted by molar-refractivity contribution is -0.201. The molecule has 1 aromatic carbocycles. The minimum atomic E-state index is -4.54. The molecule has 186 valence electrons. The van der Waals surface area contributed by atoms with Crippen LogP contribution in [0.1, 0.15) is 58.1 Å². The summed E-state index contributed by atoms with van der Waals surface area (Å²) in [5.41, 5.74) is 0.107. The summed E-state index contributed by atoms with van der Waals surface area (Å²) in [6.45, 7) is 6.09. The molecule has 1 saturated heterocycles. The van der Waals surface area contributed by atoms with E-state index in [1.165, 1.54) is 11.0 Å². The van der Waals surface area contributed by atoms with Crippen LogP contribution < -0.4 is 15.4 Å². The van der Waals surface area contributed by atoms with Crippen molar-refractivity contribution in [3.8, 4) is 5.75 Å². The number of guanidine groups is 1. The molecule has 2 amide bonds. The maximum atomic E-state index is 13.4. The van der Waals surface area contributed by atoms with Crippen LogP contribution in [0.4, 0.5) is 13.2 Å². The summed E-state index contributed by atoms with van der Waals surface area (Å²) in [5.74, 6) is -0.935. The first-order chi connectivity index (χ1) is 16.0. The number of alkyl halides is 3. The molecule has 10 heteroatoms. The molecular formula is C24H31F3N4O3. The Hall–Kier alpha value is -2.78. The van der Waals surface area contributed by atoms with Crippen molar-refractivity contribution in [2.24, 2.45) is 17.8 Å². The molecule has 2 aliphatic heterocycles. The minimum Gasteiger partial charge on any atom is -0.480 e. The number of nitrogens with zero attached hydrogens (tertiary/aromatic N) is 1. The molecule has 4 unspecified atom stereocenters. The second-order valence-corrected chi connectivity index (χ2v) is 9.67. The molecule has 0 bridgehead atoms. The fourth-order valence-corrected chi connectivity index (χ4v) is 5.23. The van der Waals surface area contributed by atoms with E-state index >= 15 is 0 Å². The number of benzene rings is 1. The first kappa shape index (κ1) is 24.3. The van der Waals surface area contributed by atoms with E-state index in [-0.39, 0.29) is 48.3 Å².